The van der Waals surface area contributed by atoms with Crippen molar-refractivity contribution in [3.8, 4) is 0 Å². The van der Waals surface area contributed by atoms with Crippen molar-refractivity contribution in [1.29, 1.82) is 0 Å². The lowest BCUT2D eigenvalue weighted by Crippen LogP contribution is -2.12. The third-order valence-corrected chi connectivity index (χ3v) is 3.00. The van der Waals surface area contributed by atoms with Crippen molar-refractivity contribution in [3.05, 3.63) is 54.4 Å². The summed E-state index contributed by atoms with van der Waals surface area (Å²) >= 11 is 0. The van der Waals surface area contributed by atoms with Crippen LogP contribution in [-0.2, 0) is 10.0 Å². The highest BCUT2D eigenvalue weighted by molar-refractivity contribution is 7.92. The van der Waals surface area contributed by atoms with Gasteiger partial charge in [-0.3, -0.25) is 14.5 Å². The van der Waals surface area contributed by atoms with E-state index in [1.54, 1.807) is 36.7 Å². The van der Waals surface area contributed by atoms with E-state index >= 15 is 0 Å². The summed E-state index contributed by atoms with van der Waals surface area (Å²) < 4.78 is 24.5. The topological polar surface area (TPSA) is 88.2 Å². The molecule has 0 fully saturated rings. The monoisotopic (exact) mass is 291 g/mol. The maximum Gasteiger partial charge on any atom is 0.255 e. The predicted octanol–water partition coefficient (Wildman–Crippen LogP) is 1.71. The van der Waals surface area contributed by atoms with Gasteiger partial charge in [-0.1, -0.05) is 0 Å². The summed E-state index contributed by atoms with van der Waals surface area (Å²) in [5.74, 6) is -0.276. The van der Waals surface area contributed by atoms with Crippen LogP contribution in [0.15, 0.2) is 48.8 Å². The fourth-order valence-electron chi connectivity index (χ4n) is 1.54. The Hall–Kier alpha value is -2.41. The molecule has 1 heterocycles. The fourth-order valence-corrected chi connectivity index (χ4v) is 2.11. The Morgan fingerprint density at radius 3 is 2.15 bits per heavy atom. The molecule has 1 amide bonds. The lowest BCUT2D eigenvalue weighted by molar-refractivity contribution is 0.102. The highest BCUT2D eigenvalue weighted by atomic mass is 32.2. The smallest absolute Gasteiger partial charge is 0.255 e. The quantitative estimate of drug-likeness (QED) is 0.897. The summed E-state index contributed by atoms with van der Waals surface area (Å²) in [7, 11) is -3.32. The Balaban J connectivity index is 2.08. The van der Waals surface area contributed by atoms with E-state index in [0.29, 0.717) is 16.9 Å². The summed E-state index contributed by atoms with van der Waals surface area (Å²) in [4.78, 5) is 15.8. The second-order valence-electron chi connectivity index (χ2n) is 4.14. The van der Waals surface area contributed by atoms with Gasteiger partial charge in [0.1, 0.15) is 0 Å². The average molecular weight is 291 g/mol. The van der Waals surface area contributed by atoms with Crippen molar-refractivity contribution in [1.82, 2.24) is 4.98 Å². The Kier molecular flexibility index (Phi) is 3.99. The molecule has 0 aliphatic heterocycles. The molecule has 0 spiro atoms. The van der Waals surface area contributed by atoms with Crippen molar-refractivity contribution < 1.29 is 13.2 Å². The molecule has 0 saturated carbocycles. The van der Waals surface area contributed by atoms with Crippen LogP contribution in [0, 0.1) is 0 Å². The third kappa shape index (κ3) is 4.06. The van der Waals surface area contributed by atoms with Gasteiger partial charge in [0.15, 0.2) is 0 Å². The normalized spacial score (nSPS) is 10.8. The summed E-state index contributed by atoms with van der Waals surface area (Å²) in [5.41, 5.74) is 1.48. The molecule has 0 unspecified atom stereocenters. The molecular formula is C13H13N3O3S. The molecule has 0 aliphatic rings. The summed E-state index contributed by atoms with van der Waals surface area (Å²) in [6, 6.07) is 9.51. The fraction of sp³-hybridized carbons (Fsp3) is 0.0769. The van der Waals surface area contributed by atoms with E-state index < -0.39 is 10.0 Å². The zero-order valence-electron chi connectivity index (χ0n) is 10.7. The predicted molar refractivity (Wildman–Crippen MR) is 77.1 cm³/mol. The van der Waals surface area contributed by atoms with Crippen LogP contribution in [0.2, 0.25) is 0 Å². The lowest BCUT2D eigenvalue weighted by Gasteiger charge is -2.06. The standard InChI is InChI=1S/C13H13N3O3S/c1-20(18,19)16-12-4-2-10(3-5-12)13(17)15-11-6-8-14-9-7-11/h2-9,16H,1H3,(H,14,15,17). The van der Waals surface area contributed by atoms with Gasteiger partial charge in [0.25, 0.3) is 5.91 Å². The minimum atomic E-state index is -3.32. The van der Waals surface area contributed by atoms with Crippen molar-refractivity contribution in [2.24, 2.45) is 0 Å². The second-order valence-corrected chi connectivity index (χ2v) is 5.89. The maximum atomic E-state index is 11.9. The van der Waals surface area contributed by atoms with Gasteiger partial charge in [0.05, 0.1) is 6.26 Å². The summed E-state index contributed by atoms with van der Waals surface area (Å²) in [5, 5.41) is 2.71. The van der Waals surface area contributed by atoms with Gasteiger partial charge in [-0.2, -0.15) is 0 Å². The van der Waals surface area contributed by atoms with Gasteiger partial charge in [0.2, 0.25) is 10.0 Å². The van der Waals surface area contributed by atoms with Crippen molar-refractivity contribution in [3.63, 3.8) is 0 Å². The number of carbonyl (C=O) groups excluding carboxylic acids is 1. The molecular weight excluding hydrogens is 278 g/mol. The SMILES string of the molecule is CS(=O)(=O)Nc1ccc(C(=O)Nc2ccncc2)cc1. The van der Waals surface area contributed by atoms with Gasteiger partial charge < -0.3 is 5.32 Å². The Morgan fingerprint density at radius 1 is 1.00 bits per heavy atom. The van der Waals surface area contributed by atoms with Crippen LogP contribution in [0.1, 0.15) is 10.4 Å². The number of carbonyl (C=O) groups is 1. The van der Waals surface area contributed by atoms with Crippen LogP contribution < -0.4 is 10.0 Å². The lowest BCUT2D eigenvalue weighted by atomic mass is 10.2. The highest BCUT2D eigenvalue weighted by Crippen LogP contribution is 2.12. The number of hydrogen-bond acceptors (Lipinski definition) is 4. The number of amides is 1. The third-order valence-electron chi connectivity index (χ3n) is 2.39. The molecule has 2 N–H and O–H groups in total. The maximum absolute atomic E-state index is 11.9. The average Bonchev–Trinajstić information content (AvgIpc) is 2.39. The largest absolute Gasteiger partial charge is 0.322 e. The molecule has 0 saturated heterocycles. The molecule has 0 aliphatic carbocycles. The number of sulfonamides is 1. The molecule has 20 heavy (non-hydrogen) atoms. The number of benzene rings is 1. The minimum absolute atomic E-state index is 0.276. The molecule has 1 aromatic carbocycles. The number of nitrogens with one attached hydrogen (secondary N) is 2. The van der Waals surface area contributed by atoms with Crippen LogP contribution in [-0.4, -0.2) is 25.6 Å². The van der Waals surface area contributed by atoms with E-state index in [1.165, 1.54) is 12.1 Å². The molecule has 0 radical (unpaired) electrons. The minimum Gasteiger partial charge on any atom is -0.322 e. The van der Waals surface area contributed by atoms with E-state index in [1.807, 2.05) is 0 Å². The van der Waals surface area contributed by atoms with Gasteiger partial charge in [-0.25, -0.2) is 8.42 Å². The number of anilines is 2. The van der Waals surface area contributed by atoms with Gasteiger partial charge in [0, 0.05) is 29.3 Å². The molecule has 1 aromatic heterocycles. The first-order chi connectivity index (χ1) is 9.44. The number of pyridine rings is 1. The highest BCUT2D eigenvalue weighted by Gasteiger charge is 2.07. The molecule has 104 valence electrons. The Morgan fingerprint density at radius 2 is 1.60 bits per heavy atom. The van der Waals surface area contributed by atoms with Crippen LogP contribution in [0.5, 0.6) is 0 Å². The first-order valence-electron chi connectivity index (χ1n) is 5.73. The Bertz CT molecular complexity index is 697. The number of nitrogens with zero attached hydrogens (tertiary/aromatic N) is 1. The molecule has 6 nitrogen and oxygen atoms in total. The van der Waals surface area contributed by atoms with E-state index in [-0.39, 0.29) is 5.91 Å². The number of rotatable bonds is 4. The van der Waals surface area contributed by atoms with Crippen LogP contribution in [0.3, 0.4) is 0 Å². The van der Waals surface area contributed by atoms with Gasteiger partial charge in [-0.15, -0.1) is 0 Å². The van der Waals surface area contributed by atoms with Gasteiger partial charge >= 0.3 is 0 Å². The zero-order chi connectivity index (χ0) is 14.6. The zero-order valence-corrected chi connectivity index (χ0v) is 11.5. The van der Waals surface area contributed by atoms with Crippen LogP contribution in [0.4, 0.5) is 11.4 Å². The van der Waals surface area contributed by atoms with Crippen LogP contribution in [0.25, 0.3) is 0 Å². The molecule has 7 heteroatoms. The van der Waals surface area contributed by atoms with Gasteiger partial charge in [-0.05, 0) is 36.4 Å². The van der Waals surface area contributed by atoms with E-state index in [4.69, 9.17) is 0 Å². The molecule has 2 aromatic rings. The van der Waals surface area contributed by atoms with E-state index in [2.05, 4.69) is 15.0 Å². The molecule has 0 bridgehead atoms. The van der Waals surface area contributed by atoms with Crippen molar-refractivity contribution >= 4 is 27.3 Å². The molecule has 2 rings (SSSR count). The Labute approximate surface area is 116 Å². The molecule has 0 atom stereocenters. The van der Waals surface area contributed by atoms with Crippen molar-refractivity contribution in [2.75, 3.05) is 16.3 Å². The first kappa shape index (κ1) is 14.0. The van der Waals surface area contributed by atoms with Crippen molar-refractivity contribution in [2.45, 2.75) is 0 Å². The van der Waals surface area contributed by atoms with E-state index in [9.17, 15) is 13.2 Å². The number of hydrogen-bond donors (Lipinski definition) is 2. The van der Waals surface area contributed by atoms with E-state index in [0.717, 1.165) is 6.26 Å². The number of aromatic nitrogens is 1. The summed E-state index contributed by atoms with van der Waals surface area (Å²) in [6.07, 6.45) is 4.22. The first-order valence-corrected chi connectivity index (χ1v) is 7.62. The second kappa shape index (κ2) is 5.70. The van der Waals surface area contributed by atoms with Crippen LogP contribution >= 0.6 is 0 Å². The summed E-state index contributed by atoms with van der Waals surface area (Å²) in [6.45, 7) is 0.